The van der Waals surface area contributed by atoms with Gasteiger partial charge in [0.25, 0.3) is 0 Å². The van der Waals surface area contributed by atoms with E-state index in [2.05, 4.69) is 20.6 Å². The maximum atomic E-state index is 11.9. The first-order valence-electron chi connectivity index (χ1n) is 8.80. The number of methoxy groups -OCH3 is 1. The fourth-order valence-corrected chi connectivity index (χ4v) is 3.13. The molecule has 0 atom stereocenters. The van der Waals surface area contributed by atoms with Gasteiger partial charge < -0.3 is 15.4 Å². The van der Waals surface area contributed by atoms with Crippen LogP contribution in [0.15, 0.2) is 36.5 Å². The van der Waals surface area contributed by atoms with Gasteiger partial charge in [0, 0.05) is 12.2 Å². The summed E-state index contributed by atoms with van der Waals surface area (Å²) in [6, 6.07) is 9.50. The minimum atomic E-state index is -0.393. The molecule has 1 saturated carbocycles. The van der Waals surface area contributed by atoms with Crippen molar-refractivity contribution in [3.63, 3.8) is 0 Å². The molecule has 0 spiro atoms. The first-order valence-corrected chi connectivity index (χ1v) is 8.80. The van der Waals surface area contributed by atoms with E-state index in [0.29, 0.717) is 23.2 Å². The van der Waals surface area contributed by atoms with Crippen LogP contribution in [0.3, 0.4) is 0 Å². The second-order valence-electron chi connectivity index (χ2n) is 6.26. The Kier molecular flexibility index (Phi) is 5.82. The number of benzene rings is 1. The Balaban J connectivity index is 1.73. The number of anilines is 3. The van der Waals surface area contributed by atoms with Crippen LogP contribution in [0.1, 0.15) is 48.9 Å². The second-order valence-corrected chi connectivity index (χ2v) is 6.26. The average Bonchev–Trinajstić information content (AvgIpc) is 2.90. The van der Waals surface area contributed by atoms with Gasteiger partial charge in [-0.15, -0.1) is 0 Å². The van der Waals surface area contributed by atoms with E-state index in [-0.39, 0.29) is 0 Å². The van der Waals surface area contributed by atoms with Crippen molar-refractivity contribution in [3.05, 3.63) is 42.1 Å². The molecule has 6 nitrogen and oxygen atoms in total. The molecule has 0 amide bonds. The van der Waals surface area contributed by atoms with E-state index in [9.17, 15) is 4.79 Å². The van der Waals surface area contributed by atoms with Crippen molar-refractivity contribution in [2.24, 2.45) is 0 Å². The fourth-order valence-electron chi connectivity index (χ4n) is 3.13. The number of aromatic nitrogens is 2. The van der Waals surface area contributed by atoms with Crippen molar-refractivity contribution in [1.82, 2.24) is 9.97 Å². The smallest absolute Gasteiger partial charge is 0.339 e. The molecule has 1 aliphatic carbocycles. The summed E-state index contributed by atoms with van der Waals surface area (Å²) in [5.74, 6) is 0.866. The lowest BCUT2D eigenvalue weighted by Gasteiger charge is -2.17. The number of hydrogen-bond acceptors (Lipinski definition) is 6. The van der Waals surface area contributed by atoms with Gasteiger partial charge in [-0.2, -0.15) is 4.98 Å². The number of hydrogen-bond donors (Lipinski definition) is 2. The molecule has 0 radical (unpaired) electrons. The maximum Gasteiger partial charge on any atom is 0.339 e. The number of para-hydroxylation sites is 1. The summed E-state index contributed by atoms with van der Waals surface area (Å²) in [6.45, 7) is 0. The van der Waals surface area contributed by atoms with E-state index < -0.39 is 5.97 Å². The molecule has 0 aliphatic heterocycles. The zero-order valence-electron chi connectivity index (χ0n) is 14.5. The number of nitrogens with zero attached hydrogens (tertiary/aromatic N) is 2. The quantitative estimate of drug-likeness (QED) is 0.629. The second kappa shape index (κ2) is 8.46. The Labute approximate surface area is 148 Å². The third kappa shape index (κ3) is 4.68. The summed E-state index contributed by atoms with van der Waals surface area (Å²) in [7, 11) is 1.37. The average molecular weight is 340 g/mol. The molecule has 1 aromatic carbocycles. The first-order chi connectivity index (χ1) is 12.3. The zero-order chi connectivity index (χ0) is 17.5. The first kappa shape index (κ1) is 17.2. The predicted octanol–water partition coefficient (Wildman–Crippen LogP) is 4.14. The largest absolute Gasteiger partial charge is 0.465 e. The predicted molar refractivity (Wildman–Crippen MR) is 98.2 cm³/mol. The number of carbonyl (C=O) groups is 1. The normalized spacial score (nSPS) is 15.2. The third-order valence-corrected chi connectivity index (χ3v) is 4.44. The van der Waals surface area contributed by atoms with Crippen molar-refractivity contribution in [2.45, 2.75) is 44.6 Å². The Morgan fingerprint density at radius 2 is 1.88 bits per heavy atom. The minimum Gasteiger partial charge on any atom is -0.465 e. The van der Waals surface area contributed by atoms with Crippen LogP contribution in [-0.4, -0.2) is 29.1 Å². The van der Waals surface area contributed by atoms with Crippen LogP contribution >= 0.6 is 0 Å². The van der Waals surface area contributed by atoms with Crippen LogP contribution in [0.2, 0.25) is 0 Å². The molecular formula is C19H24N4O2. The van der Waals surface area contributed by atoms with Gasteiger partial charge in [-0.05, 0) is 31.0 Å². The summed E-state index contributed by atoms with van der Waals surface area (Å²) >= 11 is 0. The van der Waals surface area contributed by atoms with E-state index in [4.69, 9.17) is 4.74 Å². The monoisotopic (exact) mass is 340 g/mol. The number of esters is 1. The van der Waals surface area contributed by atoms with E-state index in [1.807, 2.05) is 12.1 Å². The van der Waals surface area contributed by atoms with E-state index >= 15 is 0 Å². The van der Waals surface area contributed by atoms with Crippen molar-refractivity contribution in [3.8, 4) is 0 Å². The Bertz CT molecular complexity index is 712. The molecule has 0 bridgehead atoms. The van der Waals surface area contributed by atoms with Crippen LogP contribution in [0, 0.1) is 0 Å². The molecule has 0 unspecified atom stereocenters. The lowest BCUT2D eigenvalue weighted by atomic mass is 10.1. The van der Waals surface area contributed by atoms with Gasteiger partial charge in [0.15, 0.2) is 0 Å². The van der Waals surface area contributed by atoms with E-state index in [1.54, 1.807) is 24.4 Å². The van der Waals surface area contributed by atoms with Crippen LogP contribution in [0.5, 0.6) is 0 Å². The summed E-state index contributed by atoms with van der Waals surface area (Å²) in [6.07, 6.45) is 9.24. The van der Waals surface area contributed by atoms with Gasteiger partial charge in [-0.3, -0.25) is 0 Å². The number of nitrogens with one attached hydrogen (secondary N) is 2. The highest BCUT2D eigenvalue weighted by Crippen LogP contribution is 2.22. The molecule has 1 fully saturated rings. The van der Waals surface area contributed by atoms with Crippen molar-refractivity contribution >= 4 is 23.4 Å². The van der Waals surface area contributed by atoms with Gasteiger partial charge in [-0.25, -0.2) is 9.78 Å². The molecule has 6 heteroatoms. The lowest BCUT2D eigenvalue weighted by Crippen LogP contribution is -2.19. The maximum absolute atomic E-state index is 11.9. The number of ether oxygens (including phenoxy) is 1. The SMILES string of the molecule is COC(=O)c1ccccc1Nc1nccc(NC2CCCCCC2)n1. The molecule has 1 aromatic heterocycles. The van der Waals surface area contributed by atoms with Crippen LogP contribution in [0.4, 0.5) is 17.5 Å². The molecule has 3 rings (SSSR count). The van der Waals surface area contributed by atoms with Gasteiger partial charge in [0.2, 0.25) is 5.95 Å². The summed E-state index contributed by atoms with van der Waals surface area (Å²) in [5.41, 5.74) is 1.08. The third-order valence-electron chi connectivity index (χ3n) is 4.44. The fraction of sp³-hybridized carbons (Fsp3) is 0.421. The molecule has 1 aliphatic rings. The van der Waals surface area contributed by atoms with Crippen LogP contribution < -0.4 is 10.6 Å². The topological polar surface area (TPSA) is 76.1 Å². The van der Waals surface area contributed by atoms with Crippen molar-refractivity contribution in [2.75, 3.05) is 17.7 Å². The van der Waals surface area contributed by atoms with Crippen LogP contribution in [-0.2, 0) is 4.74 Å². The minimum absolute atomic E-state index is 0.393. The Morgan fingerprint density at radius 1 is 1.12 bits per heavy atom. The molecule has 132 valence electrons. The van der Waals surface area contributed by atoms with Gasteiger partial charge in [0.05, 0.1) is 18.4 Å². The van der Waals surface area contributed by atoms with Gasteiger partial charge >= 0.3 is 5.97 Å². The zero-order valence-corrected chi connectivity index (χ0v) is 14.5. The highest BCUT2D eigenvalue weighted by atomic mass is 16.5. The van der Waals surface area contributed by atoms with Gasteiger partial charge in [-0.1, -0.05) is 37.8 Å². The molecular weight excluding hydrogens is 316 g/mol. The summed E-state index contributed by atoms with van der Waals surface area (Å²) in [4.78, 5) is 20.7. The molecule has 0 saturated heterocycles. The van der Waals surface area contributed by atoms with Crippen LogP contribution in [0.25, 0.3) is 0 Å². The highest BCUT2D eigenvalue weighted by molar-refractivity contribution is 5.96. The molecule has 1 heterocycles. The van der Waals surface area contributed by atoms with E-state index in [1.165, 1.54) is 45.6 Å². The molecule has 2 N–H and O–H groups in total. The summed E-state index contributed by atoms with van der Waals surface area (Å²) < 4.78 is 4.82. The van der Waals surface area contributed by atoms with Crippen molar-refractivity contribution in [1.29, 1.82) is 0 Å². The number of carbonyl (C=O) groups excluding carboxylic acids is 1. The Hall–Kier alpha value is -2.63. The molecule has 25 heavy (non-hydrogen) atoms. The van der Waals surface area contributed by atoms with E-state index in [0.717, 1.165) is 5.82 Å². The summed E-state index contributed by atoms with van der Waals surface area (Å²) in [5, 5.41) is 6.63. The van der Waals surface area contributed by atoms with Gasteiger partial charge in [0.1, 0.15) is 5.82 Å². The lowest BCUT2D eigenvalue weighted by molar-refractivity contribution is 0.0602. The van der Waals surface area contributed by atoms with Crippen molar-refractivity contribution < 1.29 is 9.53 Å². The highest BCUT2D eigenvalue weighted by Gasteiger charge is 2.14. The Morgan fingerprint density at radius 3 is 2.64 bits per heavy atom. The standard InChI is InChI=1S/C19H24N4O2/c1-25-18(24)15-10-6-7-11-16(15)22-19-20-13-12-17(23-19)21-14-8-4-2-3-5-9-14/h6-7,10-14H,2-5,8-9H2,1H3,(H2,20,21,22,23). The number of rotatable bonds is 5. The molecule has 2 aromatic rings.